The van der Waals surface area contributed by atoms with E-state index in [0.717, 1.165) is 55.8 Å². The number of para-hydroxylation sites is 3. The minimum absolute atomic E-state index is 0.154. The number of hydrogen-bond acceptors (Lipinski definition) is 2. The van der Waals surface area contributed by atoms with Crippen LogP contribution in [0.5, 0.6) is 0 Å². The fourth-order valence-electron chi connectivity index (χ4n) is 11.3. The van der Waals surface area contributed by atoms with Gasteiger partial charge in [0.05, 0.1) is 22.1 Å². The van der Waals surface area contributed by atoms with E-state index in [1.54, 1.807) is 0 Å². The van der Waals surface area contributed by atoms with Gasteiger partial charge in [-0.05, 0) is 123 Å². The van der Waals surface area contributed by atoms with Gasteiger partial charge in [0.25, 0.3) is 0 Å². The van der Waals surface area contributed by atoms with Crippen LogP contribution in [-0.4, -0.2) is 4.57 Å². The van der Waals surface area contributed by atoms with E-state index in [1.165, 1.54) is 66.3 Å². The summed E-state index contributed by atoms with van der Waals surface area (Å²) >= 11 is 0. The van der Waals surface area contributed by atoms with Gasteiger partial charge in [0.2, 0.25) is 0 Å². The summed E-state index contributed by atoms with van der Waals surface area (Å²) in [6.45, 7) is 9.47. The number of fused-ring (bicyclic) bond motifs is 12. The molecule has 2 aliphatic carbocycles. The zero-order chi connectivity index (χ0) is 42.2. The molecule has 0 bridgehead atoms. The Labute approximate surface area is 367 Å². The third kappa shape index (κ3) is 5.02. The Kier molecular flexibility index (Phi) is 7.42. The molecule has 0 N–H and O–H groups in total. The molecule has 0 atom stereocenters. The molecule has 2 heterocycles. The van der Waals surface area contributed by atoms with E-state index in [-0.39, 0.29) is 10.8 Å². The van der Waals surface area contributed by atoms with Crippen molar-refractivity contribution >= 4 is 60.8 Å². The molecule has 0 unspecified atom stereocenters. The Morgan fingerprint density at radius 2 is 0.952 bits per heavy atom. The summed E-state index contributed by atoms with van der Waals surface area (Å²) in [6, 6.07) is 71.5. The molecule has 0 spiro atoms. The monoisotopic (exact) mass is 808 g/mol. The highest BCUT2D eigenvalue weighted by atomic mass is 16.3. The lowest BCUT2D eigenvalue weighted by Gasteiger charge is -2.30. The van der Waals surface area contributed by atoms with E-state index >= 15 is 0 Å². The average molecular weight is 809 g/mol. The number of anilines is 3. The van der Waals surface area contributed by atoms with Gasteiger partial charge in [0.1, 0.15) is 11.2 Å². The van der Waals surface area contributed by atoms with Gasteiger partial charge in [0.15, 0.2) is 0 Å². The molecule has 63 heavy (non-hydrogen) atoms. The Balaban J connectivity index is 1.06. The van der Waals surface area contributed by atoms with E-state index in [2.05, 4.69) is 231 Å². The zero-order valence-corrected chi connectivity index (χ0v) is 35.8. The van der Waals surface area contributed by atoms with Gasteiger partial charge in [-0.25, -0.2) is 0 Å². The van der Waals surface area contributed by atoms with Crippen molar-refractivity contribution in [2.75, 3.05) is 4.90 Å². The van der Waals surface area contributed by atoms with Crippen LogP contribution in [0.3, 0.4) is 0 Å². The van der Waals surface area contributed by atoms with Gasteiger partial charge in [-0.1, -0.05) is 149 Å². The molecule has 2 aliphatic rings. The van der Waals surface area contributed by atoms with Crippen LogP contribution in [0.4, 0.5) is 17.1 Å². The maximum atomic E-state index is 7.04. The number of benzene rings is 9. The average Bonchev–Trinajstić information content (AvgIpc) is 4.01. The van der Waals surface area contributed by atoms with Gasteiger partial charge in [-0.2, -0.15) is 0 Å². The predicted octanol–water partition coefficient (Wildman–Crippen LogP) is 16.4. The second-order valence-electron chi connectivity index (χ2n) is 18.5. The van der Waals surface area contributed by atoms with Crippen molar-refractivity contribution in [1.82, 2.24) is 4.57 Å². The summed E-state index contributed by atoms with van der Waals surface area (Å²) < 4.78 is 9.42. The predicted molar refractivity (Wildman–Crippen MR) is 263 cm³/mol. The lowest BCUT2D eigenvalue weighted by molar-refractivity contribution is 0.660. The topological polar surface area (TPSA) is 21.3 Å². The molecule has 0 amide bonds. The quantitative estimate of drug-likeness (QED) is 0.173. The standard InChI is InChI=1S/C60H44N2O/c1-59(2)49-22-12-8-18-42(49)44-29-27-39(35-51(44)59)61(40-28-30-45-43-19-9-13-23-50(43)60(3,4)52(45)36-40)55-33-31-41(58-57(55)47-21-11-15-25-56(47)63-58)37-26-32-54-48(34-37)46-20-10-14-24-53(46)62(54)38-16-6-5-7-17-38/h5-36H,1-4H3. The van der Waals surface area contributed by atoms with Crippen LogP contribution in [0.2, 0.25) is 0 Å². The van der Waals surface area contributed by atoms with Crippen LogP contribution < -0.4 is 4.90 Å². The normalized spacial score (nSPS) is 14.3. The Bertz CT molecular complexity index is 3590. The van der Waals surface area contributed by atoms with Gasteiger partial charge in [-0.15, -0.1) is 0 Å². The summed E-state index contributed by atoms with van der Waals surface area (Å²) in [5.74, 6) is 0. The summed E-state index contributed by atoms with van der Waals surface area (Å²) in [7, 11) is 0. The number of furan rings is 1. The van der Waals surface area contributed by atoms with Crippen molar-refractivity contribution in [2.24, 2.45) is 0 Å². The van der Waals surface area contributed by atoms with Gasteiger partial charge < -0.3 is 13.9 Å². The van der Waals surface area contributed by atoms with Crippen LogP contribution in [0.15, 0.2) is 199 Å². The highest BCUT2D eigenvalue weighted by Crippen LogP contribution is 2.54. The van der Waals surface area contributed by atoms with Crippen molar-refractivity contribution < 1.29 is 4.42 Å². The molecule has 0 fully saturated rings. The Hall–Kier alpha value is -7.62. The van der Waals surface area contributed by atoms with Crippen molar-refractivity contribution in [3.8, 4) is 39.1 Å². The van der Waals surface area contributed by atoms with E-state index in [0.29, 0.717) is 0 Å². The molecular weight excluding hydrogens is 765 g/mol. The molecule has 0 aliphatic heterocycles. The minimum atomic E-state index is -0.154. The van der Waals surface area contributed by atoms with Crippen LogP contribution in [0, 0.1) is 0 Å². The maximum Gasteiger partial charge on any atom is 0.145 e. The summed E-state index contributed by atoms with van der Waals surface area (Å²) in [5.41, 5.74) is 21.2. The molecule has 3 nitrogen and oxygen atoms in total. The van der Waals surface area contributed by atoms with E-state index in [9.17, 15) is 0 Å². The van der Waals surface area contributed by atoms with E-state index < -0.39 is 0 Å². The molecule has 11 aromatic rings. The maximum absolute atomic E-state index is 7.04. The highest BCUT2D eigenvalue weighted by Gasteiger charge is 2.38. The smallest absolute Gasteiger partial charge is 0.145 e. The first-order chi connectivity index (χ1) is 30.8. The van der Waals surface area contributed by atoms with Crippen molar-refractivity contribution in [3.63, 3.8) is 0 Å². The first-order valence-corrected chi connectivity index (χ1v) is 22.1. The molecule has 13 rings (SSSR count). The Morgan fingerprint density at radius 1 is 0.413 bits per heavy atom. The SMILES string of the molecule is CC1(C)c2ccccc2-c2ccc(N(c3ccc4c(c3)C(C)(C)c3ccccc3-4)c3ccc(-c4ccc5c(c4)c4ccccc4n5-c4ccccc4)c4oc5ccccc5c34)cc21. The van der Waals surface area contributed by atoms with Gasteiger partial charge in [0, 0.05) is 49.6 Å². The Morgan fingerprint density at radius 3 is 1.63 bits per heavy atom. The van der Waals surface area contributed by atoms with E-state index in [1.807, 2.05) is 0 Å². The molecule has 0 saturated carbocycles. The largest absolute Gasteiger partial charge is 0.455 e. The lowest BCUT2D eigenvalue weighted by Crippen LogP contribution is -2.18. The molecule has 3 heteroatoms. The molecule has 300 valence electrons. The fraction of sp³-hybridized carbons (Fsp3) is 0.100. The van der Waals surface area contributed by atoms with Gasteiger partial charge in [-0.3, -0.25) is 0 Å². The number of aromatic nitrogens is 1. The molecule has 9 aromatic carbocycles. The molecule has 0 saturated heterocycles. The third-order valence-corrected chi connectivity index (χ3v) is 14.4. The van der Waals surface area contributed by atoms with Crippen LogP contribution in [0.25, 0.3) is 82.8 Å². The summed E-state index contributed by atoms with van der Waals surface area (Å²) in [4.78, 5) is 2.49. The van der Waals surface area contributed by atoms with Gasteiger partial charge >= 0.3 is 0 Å². The first-order valence-electron chi connectivity index (χ1n) is 22.1. The highest BCUT2D eigenvalue weighted by molar-refractivity contribution is 6.18. The summed E-state index contributed by atoms with van der Waals surface area (Å²) in [6.07, 6.45) is 0. The third-order valence-electron chi connectivity index (χ3n) is 14.4. The first kappa shape index (κ1) is 36.1. The lowest BCUT2D eigenvalue weighted by atomic mass is 9.82. The van der Waals surface area contributed by atoms with Crippen LogP contribution in [-0.2, 0) is 10.8 Å². The fourth-order valence-corrected chi connectivity index (χ4v) is 11.3. The van der Waals surface area contributed by atoms with Crippen molar-refractivity contribution in [3.05, 3.63) is 216 Å². The van der Waals surface area contributed by atoms with Crippen molar-refractivity contribution in [1.29, 1.82) is 0 Å². The second-order valence-corrected chi connectivity index (χ2v) is 18.5. The van der Waals surface area contributed by atoms with E-state index in [4.69, 9.17) is 4.42 Å². The molecule has 0 radical (unpaired) electrons. The number of rotatable bonds is 5. The van der Waals surface area contributed by atoms with Crippen molar-refractivity contribution in [2.45, 2.75) is 38.5 Å². The second kappa shape index (κ2) is 13.0. The summed E-state index contributed by atoms with van der Waals surface area (Å²) in [5, 5.41) is 4.63. The number of hydrogen-bond donors (Lipinski definition) is 0. The minimum Gasteiger partial charge on any atom is -0.455 e. The van der Waals surface area contributed by atoms with Crippen LogP contribution in [0.1, 0.15) is 49.9 Å². The number of nitrogens with zero attached hydrogens (tertiary/aromatic N) is 2. The molecule has 2 aromatic heterocycles. The molecular formula is C60H44N2O. The van der Waals surface area contributed by atoms with Crippen LogP contribution >= 0.6 is 0 Å². The zero-order valence-electron chi connectivity index (χ0n) is 35.8.